The fraction of sp³-hybridized carbons (Fsp3) is 0.647. The van der Waals surface area contributed by atoms with Gasteiger partial charge in [0.25, 0.3) is 0 Å². The number of carbonyl (C=O) groups excluding carboxylic acids is 1. The fourth-order valence-corrected chi connectivity index (χ4v) is 4.12. The van der Waals surface area contributed by atoms with Crippen molar-refractivity contribution in [2.75, 3.05) is 18.0 Å². The number of nitrogens with zero attached hydrogens (tertiary/aromatic N) is 5. The third-order valence-corrected chi connectivity index (χ3v) is 5.39. The van der Waals surface area contributed by atoms with Gasteiger partial charge in [-0.05, 0) is 12.3 Å². The Kier molecular flexibility index (Phi) is 4.08. The highest BCUT2D eigenvalue weighted by molar-refractivity contribution is 5.92. The van der Waals surface area contributed by atoms with Crippen LogP contribution in [0.5, 0.6) is 0 Å². The van der Waals surface area contributed by atoms with Crippen molar-refractivity contribution >= 4 is 22.8 Å². The summed E-state index contributed by atoms with van der Waals surface area (Å²) in [5, 5.41) is 8.25. The SMILES string of the molecule is Cn1ncc2c(N3CCNC(=O)C3CC3CCCCC3)ncnc21. The number of anilines is 1. The number of hydrogen-bond donors (Lipinski definition) is 1. The number of aromatic nitrogens is 4. The van der Waals surface area contributed by atoms with Gasteiger partial charge in [-0.15, -0.1) is 0 Å². The number of amides is 1. The molecule has 128 valence electrons. The second kappa shape index (κ2) is 6.37. The minimum Gasteiger partial charge on any atom is -0.353 e. The molecule has 1 aliphatic carbocycles. The van der Waals surface area contributed by atoms with E-state index in [1.165, 1.54) is 32.1 Å². The molecular weight excluding hydrogens is 304 g/mol. The molecule has 0 spiro atoms. The van der Waals surface area contributed by atoms with E-state index < -0.39 is 0 Å². The fourth-order valence-electron chi connectivity index (χ4n) is 4.12. The summed E-state index contributed by atoms with van der Waals surface area (Å²) in [5.41, 5.74) is 0.808. The maximum atomic E-state index is 12.6. The standard InChI is InChI=1S/C17H24N6O/c1-22-15-13(10-21-22)16(20-11-19-15)23-8-7-18-17(24)14(23)9-12-5-3-2-4-6-12/h10-12,14H,2-9H2,1H3,(H,18,24). The van der Waals surface area contributed by atoms with Crippen LogP contribution in [0.3, 0.4) is 0 Å². The molecule has 1 unspecified atom stereocenters. The predicted octanol–water partition coefficient (Wildman–Crippen LogP) is 1.64. The summed E-state index contributed by atoms with van der Waals surface area (Å²) in [5.74, 6) is 1.60. The van der Waals surface area contributed by atoms with Crippen molar-refractivity contribution in [3.8, 4) is 0 Å². The smallest absolute Gasteiger partial charge is 0.242 e. The number of fused-ring (bicyclic) bond motifs is 1. The van der Waals surface area contributed by atoms with Crippen LogP contribution >= 0.6 is 0 Å². The summed E-state index contributed by atoms with van der Waals surface area (Å²) in [6.07, 6.45) is 10.7. The third kappa shape index (κ3) is 2.72. The molecule has 4 rings (SSSR count). The van der Waals surface area contributed by atoms with Gasteiger partial charge < -0.3 is 10.2 Å². The number of carbonyl (C=O) groups is 1. The van der Waals surface area contributed by atoms with Crippen molar-refractivity contribution < 1.29 is 4.79 Å². The average Bonchev–Trinajstić information content (AvgIpc) is 2.99. The first-order chi connectivity index (χ1) is 11.7. The molecule has 2 fully saturated rings. The summed E-state index contributed by atoms with van der Waals surface area (Å²) in [6, 6.07) is -0.139. The number of aryl methyl sites for hydroxylation is 1. The number of piperazine rings is 1. The van der Waals surface area contributed by atoms with E-state index in [1.807, 2.05) is 7.05 Å². The van der Waals surface area contributed by atoms with Crippen molar-refractivity contribution in [3.63, 3.8) is 0 Å². The van der Waals surface area contributed by atoms with Gasteiger partial charge in [0.1, 0.15) is 18.2 Å². The Morgan fingerprint density at radius 3 is 2.92 bits per heavy atom. The first-order valence-corrected chi connectivity index (χ1v) is 8.91. The number of nitrogens with one attached hydrogen (secondary N) is 1. The molecule has 3 heterocycles. The lowest BCUT2D eigenvalue weighted by Gasteiger charge is -2.38. The highest BCUT2D eigenvalue weighted by Crippen LogP contribution is 2.32. The minimum atomic E-state index is -0.139. The summed E-state index contributed by atoms with van der Waals surface area (Å²) in [4.78, 5) is 23.6. The lowest BCUT2D eigenvalue weighted by molar-refractivity contribution is -0.123. The Bertz CT molecular complexity index is 736. The molecule has 0 radical (unpaired) electrons. The molecule has 1 atom stereocenters. The second-order valence-corrected chi connectivity index (χ2v) is 6.94. The average molecular weight is 328 g/mol. The van der Waals surface area contributed by atoms with Gasteiger partial charge in [-0.25, -0.2) is 9.97 Å². The van der Waals surface area contributed by atoms with Crippen molar-refractivity contribution in [3.05, 3.63) is 12.5 Å². The molecule has 2 aliphatic rings. The molecule has 1 saturated heterocycles. The lowest BCUT2D eigenvalue weighted by Crippen LogP contribution is -2.56. The molecule has 7 heteroatoms. The van der Waals surface area contributed by atoms with Crippen LogP contribution in [-0.4, -0.2) is 44.8 Å². The van der Waals surface area contributed by atoms with E-state index in [2.05, 4.69) is 25.3 Å². The molecule has 0 aromatic carbocycles. The molecule has 1 N–H and O–H groups in total. The van der Waals surface area contributed by atoms with Gasteiger partial charge in [-0.3, -0.25) is 9.48 Å². The molecule has 1 aliphatic heterocycles. The van der Waals surface area contributed by atoms with Crippen LogP contribution in [0.1, 0.15) is 38.5 Å². The zero-order chi connectivity index (χ0) is 16.5. The topological polar surface area (TPSA) is 75.9 Å². The first kappa shape index (κ1) is 15.4. The second-order valence-electron chi connectivity index (χ2n) is 6.94. The minimum absolute atomic E-state index is 0.127. The Labute approximate surface area is 141 Å². The number of hydrogen-bond acceptors (Lipinski definition) is 5. The highest BCUT2D eigenvalue weighted by Gasteiger charge is 2.34. The summed E-state index contributed by atoms with van der Waals surface area (Å²) >= 11 is 0. The van der Waals surface area contributed by atoms with Crippen LogP contribution in [0.4, 0.5) is 5.82 Å². The predicted molar refractivity (Wildman–Crippen MR) is 91.6 cm³/mol. The van der Waals surface area contributed by atoms with Gasteiger partial charge in [0.05, 0.1) is 11.6 Å². The van der Waals surface area contributed by atoms with Crippen molar-refractivity contribution in [2.24, 2.45) is 13.0 Å². The molecule has 2 aromatic heterocycles. The quantitative estimate of drug-likeness (QED) is 0.927. The maximum Gasteiger partial charge on any atom is 0.242 e. The van der Waals surface area contributed by atoms with Crippen LogP contribution in [0.15, 0.2) is 12.5 Å². The Morgan fingerprint density at radius 2 is 2.08 bits per heavy atom. The Balaban J connectivity index is 1.66. The normalized spacial score (nSPS) is 22.8. The molecule has 1 amide bonds. The van der Waals surface area contributed by atoms with E-state index >= 15 is 0 Å². The van der Waals surface area contributed by atoms with Crippen molar-refractivity contribution in [2.45, 2.75) is 44.6 Å². The lowest BCUT2D eigenvalue weighted by atomic mass is 9.84. The van der Waals surface area contributed by atoms with Crippen LogP contribution in [0.2, 0.25) is 0 Å². The molecule has 24 heavy (non-hydrogen) atoms. The molecular formula is C17H24N6O. The Morgan fingerprint density at radius 1 is 1.25 bits per heavy atom. The molecule has 7 nitrogen and oxygen atoms in total. The van der Waals surface area contributed by atoms with Gasteiger partial charge in [0.2, 0.25) is 5.91 Å². The monoisotopic (exact) mass is 328 g/mol. The van der Waals surface area contributed by atoms with Crippen LogP contribution < -0.4 is 10.2 Å². The van der Waals surface area contributed by atoms with Gasteiger partial charge in [-0.2, -0.15) is 5.10 Å². The summed E-state index contributed by atoms with van der Waals surface area (Å²) in [7, 11) is 1.88. The largest absolute Gasteiger partial charge is 0.353 e. The van der Waals surface area contributed by atoms with E-state index in [0.29, 0.717) is 12.5 Å². The van der Waals surface area contributed by atoms with E-state index in [0.717, 1.165) is 29.8 Å². The Hall–Kier alpha value is -2.18. The molecule has 2 aromatic rings. The number of rotatable bonds is 3. The summed E-state index contributed by atoms with van der Waals surface area (Å²) in [6.45, 7) is 1.44. The van der Waals surface area contributed by atoms with Crippen LogP contribution in [0, 0.1) is 5.92 Å². The van der Waals surface area contributed by atoms with Gasteiger partial charge in [0, 0.05) is 20.1 Å². The van der Waals surface area contributed by atoms with E-state index in [-0.39, 0.29) is 11.9 Å². The van der Waals surface area contributed by atoms with Gasteiger partial charge >= 0.3 is 0 Å². The summed E-state index contributed by atoms with van der Waals surface area (Å²) < 4.78 is 1.75. The third-order valence-electron chi connectivity index (χ3n) is 5.39. The maximum absolute atomic E-state index is 12.6. The van der Waals surface area contributed by atoms with E-state index in [1.54, 1.807) is 17.2 Å². The van der Waals surface area contributed by atoms with Crippen LogP contribution in [-0.2, 0) is 11.8 Å². The van der Waals surface area contributed by atoms with Crippen molar-refractivity contribution in [1.82, 2.24) is 25.1 Å². The zero-order valence-electron chi connectivity index (χ0n) is 14.1. The highest BCUT2D eigenvalue weighted by atomic mass is 16.2. The van der Waals surface area contributed by atoms with Crippen LogP contribution in [0.25, 0.3) is 11.0 Å². The van der Waals surface area contributed by atoms with E-state index in [9.17, 15) is 4.79 Å². The van der Waals surface area contributed by atoms with E-state index in [4.69, 9.17) is 0 Å². The van der Waals surface area contributed by atoms with Gasteiger partial charge in [-0.1, -0.05) is 32.1 Å². The molecule has 0 bridgehead atoms. The first-order valence-electron chi connectivity index (χ1n) is 8.91. The van der Waals surface area contributed by atoms with Gasteiger partial charge in [0.15, 0.2) is 5.65 Å². The van der Waals surface area contributed by atoms with Crippen molar-refractivity contribution in [1.29, 1.82) is 0 Å². The zero-order valence-corrected chi connectivity index (χ0v) is 14.1. The molecule has 1 saturated carbocycles.